The first-order valence-corrected chi connectivity index (χ1v) is 5.01. The van der Waals surface area contributed by atoms with Crippen molar-refractivity contribution in [2.75, 3.05) is 33.4 Å². The van der Waals surface area contributed by atoms with Crippen LogP contribution in [-0.4, -0.2) is 48.8 Å². The molecule has 1 rings (SSSR count). The zero-order chi connectivity index (χ0) is 10.6. The van der Waals surface area contributed by atoms with E-state index < -0.39 is 0 Å². The van der Waals surface area contributed by atoms with E-state index in [9.17, 15) is 0 Å². The number of aliphatic hydroxyl groups is 2. The van der Waals surface area contributed by atoms with Gasteiger partial charge in [0.2, 0.25) is 0 Å². The van der Waals surface area contributed by atoms with Gasteiger partial charge in [0.1, 0.15) is 10.9 Å². The molecule has 0 spiro atoms. The lowest BCUT2D eigenvalue weighted by Crippen LogP contribution is -2.42. The number of morpholine rings is 1. The van der Waals surface area contributed by atoms with E-state index in [1.165, 1.54) is 0 Å². The Kier molecular flexibility index (Phi) is 4.22. The molecular formula is C9H17ClN3O+. The van der Waals surface area contributed by atoms with Gasteiger partial charge in [-0.05, 0) is 6.92 Å². The third-order valence-corrected chi connectivity index (χ3v) is 2.58. The van der Waals surface area contributed by atoms with E-state index in [4.69, 9.17) is 17.3 Å². The molecule has 0 aromatic heterocycles. The zero-order valence-corrected chi connectivity index (χ0v) is 9.38. The molecule has 0 aromatic rings. The van der Waals surface area contributed by atoms with Crippen LogP contribution >= 0.6 is 11.6 Å². The quantitative estimate of drug-likeness (QED) is 0.391. The Morgan fingerprint density at radius 1 is 1.43 bits per heavy atom. The molecule has 3 N–H and O–H groups in total. The normalized spacial score (nSPS) is 20.8. The smallest absolute Gasteiger partial charge is 0.162 e. The van der Waals surface area contributed by atoms with Crippen LogP contribution in [0, 0.1) is 0 Å². The molecule has 5 heteroatoms. The summed E-state index contributed by atoms with van der Waals surface area (Å²) in [7, 11) is 1.73. The van der Waals surface area contributed by atoms with Crippen molar-refractivity contribution in [3.05, 3.63) is 10.7 Å². The number of allylic oxidation sites excluding steroid dienone is 1. The molecule has 4 nitrogen and oxygen atoms in total. The Morgan fingerprint density at radius 3 is 2.43 bits per heavy atom. The average Bonchev–Trinajstić information content (AvgIpc) is 2.20. The lowest BCUT2D eigenvalue weighted by Gasteiger charge is -2.27. The highest BCUT2D eigenvalue weighted by molar-refractivity contribution is 6.43. The molecule has 1 aliphatic heterocycles. The van der Waals surface area contributed by atoms with Crippen LogP contribution in [0.15, 0.2) is 15.7 Å². The van der Waals surface area contributed by atoms with E-state index >= 15 is 0 Å². The van der Waals surface area contributed by atoms with Gasteiger partial charge in [-0.1, -0.05) is 11.6 Å². The van der Waals surface area contributed by atoms with Crippen LogP contribution in [0.25, 0.3) is 0 Å². The molecule has 0 saturated carbocycles. The second-order valence-corrected chi connectivity index (χ2v) is 3.58. The van der Waals surface area contributed by atoms with Crippen LogP contribution in [0.1, 0.15) is 6.92 Å². The summed E-state index contributed by atoms with van der Waals surface area (Å²) < 4.78 is 4.26. The van der Waals surface area contributed by atoms with Crippen molar-refractivity contribution in [1.82, 2.24) is 4.90 Å². The Morgan fingerprint density at radius 2 is 2.00 bits per heavy atom. The SMILES string of the molecule is CN=C(C(Cl)=C(C)N)N1CC[OH+]CC1. The van der Waals surface area contributed by atoms with Crippen molar-refractivity contribution >= 4 is 17.4 Å². The molecule has 0 aromatic carbocycles. The van der Waals surface area contributed by atoms with E-state index in [1.807, 2.05) is 0 Å². The number of hydrogen-bond acceptors (Lipinski definition) is 2. The van der Waals surface area contributed by atoms with E-state index in [0.717, 1.165) is 32.1 Å². The Bertz CT molecular complexity index is 253. The molecule has 14 heavy (non-hydrogen) atoms. The molecule has 1 saturated heterocycles. The van der Waals surface area contributed by atoms with Crippen LogP contribution in [0.3, 0.4) is 0 Å². The van der Waals surface area contributed by atoms with Crippen LogP contribution in [0.4, 0.5) is 0 Å². The monoisotopic (exact) mass is 218 g/mol. The highest BCUT2D eigenvalue weighted by atomic mass is 35.5. The summed E-state index contributed by atoms with van der Waals surface area (Å²) in [5.74, 6) is 0.779. The van der Waals surface area contributed by atoms with Crippen molar-refractivity contribution in [3.8, 4) is 0 Å². The van der Waals surface area contributed by atoms with Crippen molar-refractivity contribution in [2.45, 2.75) is 6.92 Å². The van der Waals surface area contributed by atoms with Gasteiger partial charge in [-0.15, -0.1) is 0 Å². The first-order valence-electron chi connectivity index (χ1n) is 4.64. The second kappa shape index (κ2) is 5.22. The maximum absolute atomic E-state index is 6.07. The first kappa shape index (κ1) is 11.3. The Labute approximate surface area is 89.4 Å². The van der Waals surface area contributed by atoms with Gasteiger partial charge in [0.25, 0.3) is 0 Å². The third kappa shape index (κ3) is 2.62. The van der Waals surface area contributed by atoms with Gasteiger partial charge < -0.3 is 15.4 Å². The molecule has 1 heterocycles. The van der Waals surface area contributed by atoms with E-state index in [2.05, 4.69) is 14.6 Å². The molecule has 0 radical (unpaired) electrons. The standard InChI is InChI=1S/C9H16ClN3O/c1-7(11)8(10)9(12-2)13-3-5-14-6-4-13/h3-6,11H2,1-2H3/p+1. The van der Waals surface area contributed by atoms with Crippen LogP contribution in [0.5, 0.6) is 0 Å². The van der Waals surface area contributed by atoms with Crippen molar-refractivity contribution in [3.63, 3.8) is 0 Å². The molecule has 0 unspecified atom stereocenters. The Hall–Kier alpha value is -0.740. The van der Waals surface area contributed by atoms with Gasteiger partial charge in [-0.2, -0.15) is 0 Å². The van der Waals surface area contributed by atoms with Crippen molar-refractivity contribution < 1.29 is 4.74 Å². The highest BCUT2D eigenvalue weighted by Gasteiger charge is 2.20. The van der Waals surface area contributed by atoms with Crippen molar-refractivity contribution in [1.29, 1.82) is 0 Å². The molecule has 1 aliphatic rings. The van der Waals surface area contributed by atoms with E-state index in [-0.39, 0.29) is 0 Å². The first-order chi connectivity index (χ1) is 6.66. The lowest BCUT2D eigenvalue weighted by molar-refractivity contribution is -0.0753. The van der Waals surface area contributed by atoms with E-state index in [1.54, 1.807) is 14.0 Å². The van der Waals surface area contributed by atoms with Gasteiger partial charge in [-0.25, -0.2) is 0 Å². The molecule has 0 amide bonds. The molecule has 0 atom stereocenters. The fourth-order valence-corrected chi connectivity index (χ4v) is 1.58. The second-order valence-electron chi connectivity index (χ2n) is 3.20. The Balaban J connectivity index is 2.76. The van der Waals surface area contributed by atoms with Crippen LogP contribution in [-0.2, 0) is 0 Å². The zero-order valence-electron chi connectivity index (χ0n) is 8.63. The minimum atomic E-state index is 0.550. The number of nitrogens with zero attached hydrogens (tertiary/aromatic N) is 2. The van der Waals surface area contributed by atoms with Gasteiger partial charge >= 0.3 is 0 Å². The lowest BCUT2D eigenvalue weighted by atomic mass is 10.3. The summed E-state index contributed by atoms with van der Waals surface area (Å²) >= 11 is 6.07. The number of halogens is 1. The summed E-state index contributed by atoms with van der Waals surface area (Å²) in [5, 5.41) is 0.550. The third-order valence-electron chi connectivity index (χ3n) is 2.11. The molecule has 0 bridgehead atoms. The number of rotatable bonds is 1. The largest absolute Gasteiger partial charge is 0.431 e. The van der Waals surface area contributed by atoms with Crippen LogP contribution < -0.4 is 5.73 Å². The number of amidine groups is 1. The topological polar surface area (TPSA) is 54.4 Å². The molecular weight excluding hydrogens is 202 g/mol. The fourth-order valence-electron chi connectivity index (χ4n) is 1.37. The fraction of sp³-hybridized carbons (Fsp3) is 0.667. The van der Waals surface area contributed by atoms with Gasteiger partial charge in [0, 0.05) is 12.7 Å². The highest BCUT2D eigenvalue weighted by Crippen LogP contribution is 2.12. The average molecular weight is 219 g/mol. The van der Waals surface area contributed by atoms with Crippen LogP contribution in [0.2, 0.25) is 0 Å². The molecule has 1 fully saturated rings. The van der Waals surface area contributed by atoms with Gasteiger partial charge in [-0.3, -0.25) is 4.99 Å². The predicted octanol–water partition coefficient (Wildman–Crippen LogP) is 0.287. The summed E-state index contributed by atoms with van der Waals surface area (Å²) in [6.07, 6.45) is 0. The summed E-state index contributed by atoms with van der Waals surface area (Å²) in [6, 6.07) is 0. The summed E-state index contributed by atoms with van der Waals surface area (Å²) in [5.41, 5.74) is 6.24. The maximum atomic E-state index is 6.07. The minimum Gasteiger partial charge on any atom is -0.431 e. The van der Waals surface area contributed by atoms with Gasteiger partial charge in [0.05, 0.1) is 13.1 Å². The van der Waals surface area contributed by atoms with E-state index in [0.29, 0.717) is 10.7 Å². The molecule has 0 aliphatic carbocycles. The van der Waals surface area contributed by atoms with Gasteiger partial charge in [0.15, 0.2) is 13.2 Å². The minimum absolute atomic E-state index is 0.550. The number of hydrogen-bond donors (Lipinski definition) is 1. The number of aliphatic imine (C=N–C) groups is 1. The van der Waals surface area contributed by atoms with Crippen molar-refractivity contribution in [2.24, 2.45) is 10.7 Å². The number of nitrogens with two attached hydrogens (primary N) is 1. The maximum Gasteiger partial charge on any atom is 0.162 e. The summed E-state index contributed by atoms with van der Waals surface area (Å²) in [4.78, 5) is 6.28. The predicted molar refractivity (Wildman–Crippen MR) is 59.6 cm³/mol. The molecule has 80 valence electrons. The number of ether oxygens (including phenoxy) is 1. The summed E-state index contributed by atoms with van der Waals surface area (Å²) in [6.45, 7) is 5.20.